The van der Waals surface area contributed by atoms with Crippen LogP contribution in [0.3, 0.4) is 0 Å². The van der Waals surface area contributed by atoms with Gasteiger partial charge < -0.3 is 11.1 Å². The Balaban J connectivity index is 0.00000272. The van der Waals surface area contributed by atoms with Crippen molar-refractivity contribution >= 4 is 40.6 Å². The van der Waals surface area contributed by atoms with Crippen LogP contribution in [-0.2, 0) is 30.7 Å². The number of halogens is 1. The van der Waals surface area contributed by atoms with Gasteiger partial charge in [0.15, 0.2) is 0 Å². The Labute approximate surface area is 192 Å². The van der Waals surface area contributed by atoms with Crippen LogP contribution in [0.5, 0.6) is 0 Å². The van der Waals surface area contributed by atoms with Crippen molar-refractivity contribution in [3.05, 3.63) is 87.8 Å². The van der Waals surface area contributed by atoms with Crippen LogP contribution in [0.25, 0.3) is 0 Å². The second-order valence-electron chi connectivity index (χ2n) is 7.55. The third-order valence-electron chi connectivity index (χ3n) is 5.37. The highest BCUT2D eigenvalue weighted by Gasteiger charge is 2.27. The summed E-state index contributed by atoms with van der Waals surface area (Å²) in [5.41, 5.74) is 9.55. The number of aryl methyl sites for hydroxylation is 1. The Morgan fingerprint density at radius 3 is 2.29 bits per heavy atom. The zero-order valence-corrected chi connectivity index (χ0v) is 18.8. The number of benzene rings is 2. The van der Waals surface area contributed by atoms with E-state index in [1.807, 2.05) is 48.5 Å². The summed E-state index contributed by atoms with van der Waals surface area (Å²) >= 11 is 1.48. The summed E-state index contributed by atoms with van der Waals surface area (Å²) in [6, 6.07) is 20.3. The number of anilines is 1. The van der Waals surface area contributed by atoms with Crippen LogP contribution < -0.4 is 11.1 Å². The second-order valence-corrected chi connectivity index (χ2v) is 8.66. The fourth-order valence-electron chi connectivity index (χ4n) is 3.87. The Hall–Kier alpha value is -2.67. The lowest BCUT2D eigenvalue weighted by Gasteiger charge is -2.27. The number of nitrogens with two attached hydrogens (primary N) is 1. The molecule has 0 radical (unpaired) electrons. The number of nitrogens with zero attached hydrogens (tertiary/aromatic N) is 1. The molecule has 31 heavy (non-hydrogen) atoms. The van der Waals surface area contributed by atoms with Gasteiger partial charge in [0.1, 0.15) is 5.00 Å². The third-order valence-corrected chi connectivity index (χ3v) is 6.50. The molecular formula is C24H26ClN3O2S. The second kappa shape index (κ2) is 10.6. The standard InChI is InChI=1S/C24H25N3O2S.ClH/c25-23(29)22-19-13-14-27(15-18-9-5-2-6-10-18)16-20(19)30-24(22)26-21(28)12-11-17-7-3-1-4-8-17;/h1-10H,11-16H2,(H2,25,29)(H,26,28);1H. The number of rotatable bonds is 7. The molecule has 1 aliphatic heterocycles. The maximum atomic E-state index is 12.5. The molecule has 0 spiro atoms. The van der Waals surface area contributed by atoms with Gasteiger partial charge in [0, 0.05) is 30.9 Å². The maximum absolute atomic E-state index is 12.5. The van der Waals surface area contributed by atoms with Crippen molar-refractivity contribution < 1.29 is 9.59 Å². The third kappa shape index (κ3) is 5.73. The van der Waals surface area contributed by atoms with E-state index in [1.54, 1.807) is 0 Å². The van der Waals surface area contributed by atoms with E-state index in [0.29, 0.717) is 23.4 Å². The summed E-state index contributed by atoms with van der Waals surface area (Å²) < 4.78 is 0. The van der Waals surface area contributed by atoms with Gasteiger partial charge in [0.25, 0.3) is 5.91 Å². The van der Waals surface area contributed by atoms with Gasteiger partial charge in [-0.2, -0.15) is 0 Å². The average molecular weight is 456 g/mol. The van der Waals surface area contributed by atoms with Crippen molar-refractivity contribution in [2.45, 2.75) is 32.4 Å². The molecule has 3 N–H and O–H groups in total. The summed E-state index contributed by atoms with van der Waals surface area (Å²) in [4.78, 5) is 28.1. The number of nitrogens with one attached hydrogen (secondary N) is 1. The van der Waals surface area contributed by atoms with Crippen LogP contribution in [0.4, 0.5) is 5.00 Å². The number of hydrogen-bond donors (Lipinski definition) is 2. The predicted molar refractivity (Wildman–Crippen MR) is 128 cm³/mol. The first kappa shape index (κ1) is 23.0. The molecule has 5 nitrogen and oxygen atoms in total. The number of amides is 2. The highest BCUT2D eigenvalue weighted by Crippen LogP contribution is 2.37. The molecule has 2 aromatic carbocycles. The lowest BCUT2D eigenvalue weighted by atomic mass is 10.0. The maximum Gasteiger partial charge on any atom is 0.251 e. The van der Waals surface area contributed by atoms with Crippen molar-refractivity contribution in [1.82, 2.24) is 4.90 Å². The highest BCUT2D eigenvalue weighted by atomic mass is 35.5. The van der Waals surface area contributed by atoms with Crippen molar-refractivity contribution in [1.29, 1.82) is 0 Å². The molecule has 7 heteroatoms. The van der Waals surface area contributed by atoms with E-state index in [9.17, 15) is 9.59 Å². The van der Waals surface area contributed by atoms with Crippen molar-refractivity contribution in [3.8, 4) is 0 Å². The molecule has 0 fully saturated rings. The topological polar surface area (TPSA) is 75.4 Å². The number of thiophene rings is 1. The molecule has 2 heterocycles. The number of carbonyl (C=O) groups excluding carboxylic acids is 2. The molecule has 0 bridgehead atoms. The lowest BCUT2D eigenvalue weighted by molar-refractivity contribution is -0.116. The summed E-state index contributed by atoms with van der Waals surface area (Å²) in [5.74, 6) is -0.566. The largest absolute Gasteiger partial charge is 0.365 e. The first-order chi connectivity index (χ1) is 14.6. The molecule has 0 saturated heterocycles. The van der Waals surface area contributed by atoms with Crippen LogP contribution in [0.2, 0.25) is 0 Å². The first-order valence-electron chi connectivity index (χ1n) is 10.1. The monoisotopic (exact) mass is 455 g/mol. The van der Waals surface area contributed by atoms with Gasteiger partial charge in [0.05, 0.1) is 5.56 Å². The summed E-state index contributed by atoms with van der Waals surface area (Å²) in [5, 5.41) is 3.53. The quantitative estimate of drug-likeness (QED) is 0.554. The minimum atomic E-state index is -0.470. The molecule has 0 saturated carbocycles. The molecule has 3 aromatic rings. The smallest absolute Gasteiger partial charge is 0.251 e. The fourth-order valence-corrected chi connectivity index (χ4v) is 5.18. The minimum Gasteiger partial charge on any atom is -0.365 e. The molecule has 1 aliphatic rings. The summed E-state index contributed by atoms with van der Waals surface area (Å²) in [7, 11) is 0. The molecule has 162 valence electrons. The predicted octanol–water partition coefficient (Wildman–Crippen LogP) is 4.40. The number of carbonyl (C=O) groups is 2. The fraction of sp³-hybridized carbons (Fsp3) is 0.250. The van der Waals surface area contributed by atoms with Gasteiger partial charge in [-0.15, -0.1) is 23.7 Å². The van der Waals surface area contributed by atoms with E-state index >= 15 is 0 Å². The molecular weight excluding hydrogens is 430 g/mol. The normalized spacial score (nSPS) is 13.2. The Morgan fingerprint density at radius 2 is 1.65 bits per heavy atom. The number of fused-ring (bicyclic) bond motifs is 1. The van der Waals surface area contributed by atoms with Gasteiger partial charge in [-0.05, 0) is 29.5 Å². The van der Waals surface area contributed by atoms with Crippen molar-refractivity contribution in [2.24, 2.45) is 5.73 Å². The Kier molecular flexibility index (Phi) is 7.85. The molecule has 0 unspecified atom stereocenters. The van der Waals surface area contributed by atoms with Crippen molar-refractivity contribution in [3.63, 3.8) is 0 Å². The molecule has 2 amide bonds. The molecule has 0 aliphatic carbocycles. The number of primary amides is 1. The lowest BCUT2D eigenvalue weighted by Crippen LogP contribution is -2.30. The summed E-state index contributed by atoms with van der Waals surface area (Å²) in [6.45, 7) is 2.48. The van der Waals surface area contributed by atoms with Gasteiger partial charge >= 0.3 is 0 Å². The van der Waals surface area contributed by atoms with Crippen LogP contribution in [0.1, 0.15) is 38.3 Å². The average Bonchev–Trinajstić information content (AvgIpc) is 3.11. The van der Waals surface area contributed by atoms with Crippen molar-refractivity contribution in [2.75, 3.05) is 11.9 Å². The van der Waals surface area contributed by atoms with E-state index in [2.05, 4.69) is 22.3 Å². The van der Waals surface area contributed by atoms with E-state index < -0.39 is 5.91 Å². The molecule has 4 rings (SSSR count). The minimum absolute atomic E-state index is 0. The van der Waals surface area contributed by atoms with Crippen LogP contribution >= 0.6 is 23.7 Å². The van der Waals surface area contributed by atoms with Gasteiger partial charge in [-0.25, -0.2) is 0 Å². The van der Waals surface area contributed by atoms with Crippen LogP contribution in [-0.4, -0.2) is 23.3 Å². The SMILES string of the molecule is Cl.NC(=O)c1c(NC(=O)CCc2ccccc2)sc2c1CCN(Cc1ccccc1)C2. The van der Waals surface area contributed by atoms with Gasteiger partial charge in [-0.1, -0.05) is 60.7 Å². The van der Waals surface area contributed by atoms with Gasteiger partial charge in [-0.3, -0.25) is 14.5 Å². The molecule has 0 atom stereocenters. The first-order valence-corrected chi connectivity index (χ1v) is 11.0. The summed E-state index contributed by atoms with van der Waals surface area (Å²) in [6.07, 6.45) is 1.79. The zero-order valence-electron chi connectivity index (χ0n) is 17.2. The van der Waals surface area contributed by atoms with E-state index in [0.717, 1.165) is 42.1 Å². The van der Waals surface area contributed by atoms with E-state index in [1.165, 1.54) is 16.9 Å². The highest BCUT2D eigenvalue weighted by molar-refractivity contribution is 7.17. The molecule has 1 aromatic heterocycles. The zero-order chi connectivity index (χ0) is 20.9. The van der Waals surface area contributed by atoms with E-state index in [-0.39, 0.29) is 18.3 Å². The van der Waals surface area contributed by atoms with Crippen LogP contribution in [0.15, 0.2) is 60.7 Å². The van der Waals surface area contributed by atoms with Crippen LogP contribution in [0, 0.1) is 0 Å². The Bertz CT molecular complexity index is 1040. The Morgan fingerprint density at radius 1 is 1.00 bits per heavy atom. The number of hydrogen-bond acceptors (Lipinski definition) is 4. The van der Waals surface area contributed by atoms with Gasteiger partial charge in [0.2, 0.25) is 5.91 Å². The van der Waals surface area contributed by atoms with E-state index in [4.69, 9.17) is 5.73 Å².